The lowest BCUT2D eigenvalue weighted by Crippen LogP contribution is -2.53. The Morgan fingerprint density at radius 3 is 2.22 bits per heavy atom. The van der Waals surface area contributed by atoms with Crippen LogP contribution < -0.4 is 5.32 Å². The topological polar surface area (TPSA) is 83.5 Å². The third-order valence-corrected chi connectivity index (χ3v) is 4.22. The predicted molar refractivity (Wildman–Crippen MR) is 117 cm³/mol. The minimum atomic E-state index is -0.235. The molecule has 1 amide bonds. The summed E-state index contributed by atoms with van der Waals surface area (Å²) in [6, 6.07) is 0. The molecule has 0 aromatic rings. The van der Waals surface area contributed by atoms with Gasteiger partial charge in [0.1, 0.15) is 0 Å². The lowest BCUT2D eigenvalue weighted by atomic mass is 10.1. The van der Waals surface area contributed by atoms with Gasteiger partial charge in [-0.2, -0.15) is 0 Å². The Morgan fingerprint density at radius 2 is 1.63 bits per heavy atom. The fourth-order valence-corrected chi connectivity index (χ4v) is 2.76. The summed E-state index contributed by atoms with van der Waals surface area (Å²) in [5.74, 6) is 0.769. The molecule has 1 fully saturated rings. The summed E-state index contributed by atoms with van der Waals surface area (Å²) >= 11 is 0. The first-order valence-electron chi connectivity index (χ1n) is 9.64. The molecule has 1 rings (SSSR count). The van der Waals surface area contributed by atoms with Gasteiger partial charge < -0.3 is 24.6 Å². The van der Waals surface area contributed by atoms with Crippen molar-refractivity contribution in [2.24, 2.45) is 4.99 Å². The van der Waals surface area contributed by atoms with Gasteiger partial charge in [-0.1, -0.05) is 12.8 Å². The van der Waals surface area contributed by atoms with E-state index in [1.54, 1.807) is 4.90 Å². The first-order chi connectivity index (χ1) is 12.6. The Bertz CT molecular complexity index is 455. The Hall–Kier alpha value is -1.26. The number of carbonyl (C=O) groups is 2. The number of carbonyl (C=O) groups excluding carboxylic acids is 2. The van der Waals surface area contributed by atoms with Gasteiger partial charge in [-0.15, -0.1) is 24.0 Å². The highest BCUT2D eigenvalue weighted by Crippen LogP contribution is 2.06. The Balaban J connectivity index is 0.00000676. The number of amides is 1. The number of rotatable bonds is 9. The highest BCUT2D eigenvalue weighted by molar-refractivity contribution is 14.0. The van der Waals surface area contributed by atoms with E-state index in [1.807, 2.05) is 6.92 Å². The van der Waals surface area contributed by atoms with Crippen molar-refractivity contribution in [1.82, 2.24) is 15.1 Å². The molecule has 1 heterocycles. The van der Waals surface area contributed by atoms with Crippen LogP contribution in [0.1, 0.15) is 46.0 Å². The fourth-order valence-electron chi connectivity index (χ4n) is 2.76. The summed E-state index contributed by atoms with van der Waals surface area (Å²) in [5.41, 5.74) is 0. The Kier molecular flexibility index (Phi) is 15.0. The monoisotopic (exact) mass is 498 g/mol. The summed E-state index contributed by atoms with van der Waals surface area (Å²) in [7, 11) is 1.42. The lowest BCUT2D eigenvalue weighted by Gasteiger charge is -2.35. The van der Waals surface area contributed by atoms with Crippen LogP contribution in [-0.2, 0) is 14.3 Å². The van der Waals surface area contributed by atoms with E-state index in [2.05, 4.69) is 21.9 Å². The van der Waals surface area contributed by atoms with Crippen molar-refractivity contribution < 1.29 is 19.1 Å². The van der Waals surface area contributed by atoms with E-state index in [4.69, 9.17) is 9.73 Å². The van der Waals surface area contributed by atoms with Gasteiger partial charge in [0.2, 0.25) is 0 Å². The van der Waals surface area contributed by atoms with Crippen LogP contribution >= 0.6 is 24.0 Å². The van der Waals surface area contributed by atoms with Crippen LogP contribution in [0.3, 0.4) is 0 Å². The number of guanidine groups is 1. The molecule has 1 saturated heterocycles. The number of hydrogen-bond donors (Lipinski definition) is 1. The van der Waals surface area contributed by atoms with E-state index in [0.29, 0.717) is 26.1 Å². The minimum absolute atomic E-state index is 0. The van der Waals surface area contributed by atoms with E-state index in [0.717, 1.165) is 57.8 Å². The van der Waals surface area contributed by atoms with E-state index in [9.17, 15) is 9.59 Å². The highest BCUT2D eigenvalue weighted by Gasteiger charge is 2.23. The number of hydrogen-bond acceptors (Lipinski definition) is 5. The van der Waals surface area contributed by atoms with Gasteiger partial charge in [-0.25, -0.2) is 4.79 Å². The number of piperazine rings is 1. The fraction of sp³-hybridized carbons (Fsp3) is 0.833. The third kappa shape index (κ3) is 10.6. The first-order valence-corrected chi connectivity index (χ1v) is 9.64. The van der Waals surface area contributed by atoms with E-state index >= 15 is 0 Å². The molecule has 8 nitrogen and oxygen atoms in total. The average Bonchev–Trinajstić information content (AvgIpc) is 2.66. The van der Waals surface area contributed by atoms with Crippen LogP contribution in [-0.4, -0.2) is 80.8 Å². The SMILES string of the molecule is CCNC(=NCCCCCCC(=O)OC)N1CCN(C(=O)OCC)CC1.I. The molecule has 0 aliphatic carbocycles. The van der Waals surface area contributed by atoms with Gasteiger partial charge in [-0.05, 0) is 26.7 Å². The highest BCUT2D eigenvalue weighted by atomic mass is 127. The van der Waals surface area contributed by atoms with Crippen LogP contribution in [0.15, 0.2) is 4.99 Å². The number of nitrogens with one attached hydrogen (secondary N) is 1. The number of esters is 1. The van der Waals surface area contributed by atoms with E-state index in [1.165, 1.54) is 7.11 Å². The van der Waals surface area contributed by atoms with Gasteiger partial charge in [0.25, 0.3) is 0 Å². The second kappa shape index (κ2) is 15.8. The predicted octanol–water partition coefficient (Wildman–Crippen LogP) is 2.47. The minimum Gasteiger partial charge on any atom is -0.469 e. The molecule has 0 aromatic carbocycles. The third-order valence-electron chi connectivity index (χ3n) is 4.22. The van der Waals surface area contributed by atoms with Crippen LogP contribution in [0.5, 0.6) is 0 Å². The summed E-state index contributed by atoms with van der Waals surface area (Å²) in [6.45, 7) is 8.66. The smallest absolute Gasteiger partial charge is 0.409 e. The van der Waals surface area contributed by atoms with Crippen molar-refractivity contribution >= 4 is 42.0 Å². The number of aliphatic imine (C=N–C) groups is 1. The molecule has 0 unspecified atom stereocenters. The van der Waals surface area contributed by atoms with Gasteiger partial charge in [-0.3, -0.25) is 9.79 Å². The van der Waals surface area contributed by atoms with E-state index in [-0.39, 0.29) is 36.0 Å². The molecule has 1 aliphatic rings. The summed E-state index contributed by atoms with van der Waals surface area (Å²) in [6.07, 6.45) is 4.19. The summed E-state index contributed by atoms with van der Waals surface area (Å²) in [4.78, 5) is 31.4. The summed E-state index contributed by atoms with van der Waals surface area (Å²) in [5, 5.41) is 3.33. The number of ether oxygens (including phenoxy) is 2. The zero-order valence-corrected chi connectivity index (χ0v) is 19.2. The van der Waals surface area contributed by atoms with Crippen LogP contribution in [0.25, 0.3) is 0 Å². The van der Waals surface area contributed by atoms with Gasteiger partial charge in [0, 0.05) is 45.7 Å². The molecule has 0 aromatic heterocycles. The molecule has 0 radical (unpaired) electrons. The Labute approximate surface area is 180 Å². The molecule has 158 valence electrons. The van der Waals surface area contributed by atoms with E-state index < -0.39 is 0 Å². The van der Waals surface area contributed by atoms with Gasteiger partial charge in [0.05, 0.1) is 13.7 Å². The quantitative estimate of drug-likeness (QED) is 0.173. The Morgan fingerprint density at radius 1 is 1.00 bits per heavy atom. The number of halogens is 1. The molecule has 0 bridgehead atoms. The van der Waals surface area contributed by atoms with Crippen LogP contribution in [0.2, 0.25) is 0 Å². The largest absolute Gasteiger partial charge is 0.469 e. The maximum atomic E-state index is 11.8. The van der Waals surface area contributed by atoms with Crippen molar-refractivity contribution in [2.45, 2.75) is 46.0 Å². The average molecular weight is 498 g/mol. The standard InChI is InChI=1S/C18H34N4O4.HI/c1-4-19-17(20-11-9-7-6-8-10-16(23)25-3)21-12-14-22(15-13-21)18(24)26-5-2;/h4-15H2,1-3H3,(H,19,20);1H. The maximum Gasteiger partial charge on any atom is 0.409 e. The van der Waals surface area contributed by atoms with Crippen molar-refractivity contribution in [2.75, 3.05) is 53.0 Å². The molecule has 1 aliphatic heterocycles. The second-order valence-corrected chi connectivity index (χ2v) is 6.15. The number of methoxy groups -OCH3 is 1. The zero-order chi connectivity index (χ0) is 19.2. The maximum absolute atomic E-state index is 11.8. The normalized spacial score (nSPS) is 14.4. The lowest BCUT2D eigenvalue weighted by molar-refractivity contribution is -0.140. The van der Waals surface area contributed by atoms with Gasteiger partial charge >= 0.3 is 12.1 Å². The van der Waals surface area contributed by atoms with Crippen LogP contribution in [0, 0.1) is 0 Å². The van der Waals surface area contributed by atoms with Crippen molar-refractivity contribution in [1.29, 1.82) is 0 Å². The second-order valence-electron chi connectivity index (χ2n) is 6.15. The molecule has 27 heavy (non-hydrogen) atoms. The molecule has 0 atom stereocenters. The molecular formula is C18H35IN4O4. The van der Waals surface area contributed by atoms with Crippen molar-refractivity contribution in [3.63, 3.8) is 0 Å². The van der Waals surface area contributed by atoms with Crippen LogP contribution in [0.4, 0.5) is 4.79 Å². The number of nitrogens with zero attached hydrogens (tertiary/aromatic N) is 3. The zero-order valence-electron chi connectivity index (χ0n) is 16.9. The van der Waals surface area contributed by atoms with Gasteiger partial charge in [0.15, 0.2) is 5.96 Å². The summed E-state index contributed by atoms with van der Waals surface area (Å²) < 4.78 is 9.68. The first kappa shape index (κ1) is 25.7. The molecular weight excluding hydrogens is 463 g/mol. The molecule has 0 saturated carbocycles. The molecule has 0 spiro atoms. The molecule has 1 N–H and O–H groups in total. The van der Waals surface area contributed by atoms with Crippen molar-refractivity contribution in [3.8, 4) is 0 Å². The van der Waals surface area contributed by atoms with Crippen molar-refractivity contribution in [3.05, 3.63) is 0 Å². The molecule has 9 heteroatoms. The number of unbranched alkanes of at least 4 members (excludes halogenated alkanes) is 3.